The number of ether oxygens (including phenoxy) is 1. The highest BCUT2D eigenvalue weighted by Crippen LogP contribution is 2.31. The predicted octanol–water partition coefficient (Wildman–Crippen LogP) is 2.02. The van der Waals surface area contributed by atoms with Crippen LogP contribution in [-0.2, 0) is 10.0 Å². The molecule has 2 unspecified atom stereocenters. The normalized spacial score (nSPS) is 27.5. The van der Waals surface area contributed by atoms with E-state index in [2.05, 4.69) is 5.32 Å². The lowest BCUT2D eigenvalue weighted by atomic mass is 10.0. The third-order valence-corrected chi connectivity index (χ3v) is 6.62. The zero-order valence-corrected chi connectivity index (χ0v) is 14.5. The van der Waals surface area contributed by atoms with Crippen LogP contribution in [0.1, 0.15) is 25.7 Å². The summed E-state index contributed by atoms with van der Waals surface area (Å²) >= 11 is 0. The first-order valence-electron chi connectivity index (χ1n) is 7.39. The summed E-state index contributed by atoms with van der Waals surface area (Å²) in [6.07, 6.45) is 4.14. The van der Waals surface area contributed by atoms with E-state index in [0.29, 0.717) is 22.7 Å². The van der Waals surface area contributed by atoms with Crippen molar-refractivity contribution in [2.75, 3.05) is 14.2 Å². The molecule has 3 rings (SSSR count). The fourth-order valence-corrected chi connectivity index (χ4v) is 4.81. The highest BCUT2D eigenvalue weighted by molar-refractivity contribution is 7.89. The van der Waals surface area contributed by atoms with Gasteiger partial charge in [0.05, 0.1) is 12.0 Å². The molecule has 0 radical (unpaired) electrons. The van der Waals surface area contributed by atoms with Gasteiger partial charge in [-0.3, -0.25) is 0 Å². The van der Waals surface area contributed by atoms with E-state index in [-0.39, 0.29) is 18.4 Å². The van der Waals surface area contributed by atoms with E-state index in [1.165, 1.54) is 0 Å². The zero-order chi connectivity index (χ0) is 15.0. The molecule has 2 aliphatic heterocycles. The smallest absolute Gasteiger partial charge is 0.243 e. The number of fused-ring (bicyclic) bond motifs is 2. The SMILES string of the molecule is COc1ccc(S(=O)(=O)N(C)C2CC3CCC(C2)N3)cc1.Cl. The van der Waals surface area contributed by atoms with Gasteiger partial charge >= 0.3 is 0 Å². The van der Waals surface area contributed by atoms with Crippen LogP contribution in [0, 0.1) is 0 Å². The number of hydrogen-bond acceptors (Lipinski definition) is 4. The molecule has 22 heavy (non-hydrogen) atoms. The molecule has 2 bridgehead atoms. The van der Waals surface area contributed by atoms with E-state index in [0.717, 1.165) is 25.7 Å². The highest BCUT2D eigenvalue weighted by Gasteiger charge is 2.38. The van der Waals surface area contributed by atoms with Crippen LogP contribution in [0.2, 0.25) is 0 Å². The fraction of sp³-hybridized carbons (Fsp3) is 0.600. The van der Waals surface area contributed by atoms with E-state index in [1.807, 2.05) is 0 Å². The molecule has 7 heteroatoms. The van der Waals surface area contributed by atoms with Crippen LogP contribution in [0.3, 0.4) is 0 Å². The lowest BCUT2D eigenvalue weighted by Crippen LogP contribution is -2.48. The van der Waals surface area contributed by atoms with Crippen LogP contribution in [0.25, 0.3) is 0 Å². The van der Waals surface area contributed by atoms with Gasteiger partial charge in [-0.2, -0.15) is 4.31 Å². The van der Waals surface area contributed by atoms with Crippen molar-refractivity contribution in [3.63, 3.8) is 0 Å². The Hall–Kier alpha value is -0.820. The lowest BCUT2D eigenvalue weighted by molar-refractivity contribution is 0.251. The van der Waals surface area contributed by atoms with Crippen LogP contribution in [0.4, 0.5) is 0 Å². The largest absolute Gasteiger partial charge is 0.497 e. The summed E-state index contributed by atoms with van der Waals surface area (Å²) in [5, 5.41) is 3.54. The van der Waals surface area contributed by atoms with Gasteiger partial charge in [-0.15, -0.1) is 12.4 Å². The molecule has 0 aliphatic carbocycles. The standard InChI is InChI=1S/C15H22N2O3S.ClH/c1-17(13-9-11-3-4-12(10-13)16-11)21(18,19)15-7-5-14(20-2)6-8-15;/h5-8,11-13,16H,3-4,9-10H2,1-2H3;1H. The maximum absolute atomic E-state index is 12.7. The Morgan fingerprint density at radius 3 is 2.18 bits per heavy atom. The van der Waals surface area contributed by atoms with Crippen molar-refractivity contribution in [1.82, 2.24) is 9.62 Å². The minimum Gasteiger partial charge on any atom is -0.497 e. The lowest BCUT2D eigenvalue weighted by Gasteiger charge is -2.34. The molecule has 1 aromatic carbocycles. The number of hydrogen-bond donors (Lipinski definition) is 1. The van der Waals surface area contributed by atoms with Crippen LogP contribution < -0.4 is 10.1 Å². The maximum atomic E-state index is 12.7. The number of benzene rings is 1. The molecule has 0 spiro atoms. The van der Waals surface area contributed by atoms with Crippen molar-refractivity contribution in [2.45, 2.75) is 48.7 Å². The Morgan fingerprint density at radius 2 is 1.68 bits per heavy atom. The molecule has 2 aliphatic rings. The van der Waals surface area contributed by atoms with Gasteiger partial charge < -0.3 is 10.1 Å². The number of nitrogens with one attached hydrogen (secondary N) is 1. The molecule has 2 saturated heterocycles. The summed E-state index contributed by atoms with van der Waals surface area (Å²) in [6.45, 7) is 0. The van der Waals surface area contributed by atoms with Gasteiger partial charge in [-0.1, -0.05) is 0 Å². The van der Waals surface area contributed by atoms with Gasteiger partial charge in [-0.25, -0.2) is 8.42 Å². The first kappa shape index (κ1) is 17.5. The zero-order valence-electron chi connectivity index (χ0n) is 12.9. The molecule has 5 nitrogen and oxygen atoms in total. The van der Waals surface area contributed by atoms with Gasteiger partial charge in [0.1, 0.15) is 5.75 Å². The number of sulfonamides is 1. The third kappa shape index (κ3) is 3.25. The summed E-state index contributed by atoms with van der Waals surface area (Å²) in [6, 6.07) is 7.64. The molecule has 2 atom stereocenters. The van der Waals surface area contributed by atoms with Crippen molar-refractivity contribution in [2.24, 2.45) is 0 Å². The van der Waals surface area contributed by atoms with E-state index >= 15 is 0 Å². The van der Waals surface area contributed by atoms with Gasteiger partial charge in [0.2, 0.25) is 10.0 Å². The fourth-order valence-electron chi connectivity index (χ4n) is 3.43. The summed E-state index contributed by atoms with van der Waals surface area (Å²) in [4.78, 5) is 0.330. The summed E-state index contributed by atoms with van der Waals surface area (Å²) in [5.74, 6) is 0.663. The molecule has 2 heterocycles. The molecule has 2 fully saturated rings. The number of nitrogens with zero attached hydrogens (tertiary/aromatic N) is 1. The van der Waals surface area contributed by atoms with Crippen molar-refractivity contribution in [1.29, 1.82) is 0 Å². The molecular formula is C15H23ClN2O3S. The molecule has 1 N–H and O–H groups in total. The van der Waals surface area contributed by atoms with E-state index < -0.39 is 10.0 Å². The van der Waals surface area contributed by atoms with Crippen molar-refractivity contribution < 1.29 is 13.2 Å². The van der Waals surface area contributed by atoms with Gasteiger partial charge in [0, 0.05) is 25.2 Å². The Labute approximate surface area is 138 Å². The van der Waals surface area contributed by atoms with Crippen LogP contribution in [0.5, 0.6) is 5.75 Å². The monoisotopic (exact) mass is 346 g/mol. The average molecular weight is 347 g/mol. The second kappa shape index (κ2) is 6.74. The van der Waals surface area contributed by atoms with Crippen molar-refractivity contribution in [3.8, 4) is 5.75 Å². The van der Waals surface area contributed by atoms with Crippen LogP contribution in [0.15, 0.2) is 29.2 Å². The molecule has 0 amide bonds. The number of methoxy groups -OCH3 is 1. The van der Waals surface area contributed by atoms with Gasteiger partial charge in [0.15, 0.2) is 0 Å². The minimum absolute atomic E-state index is 0. The Bertz CT molecular complexity index is 594. The Balaban J connectivity index is 0.00000176. The summed E-state index contributed by atoms with van der Waals surface area (Å²) < 4.78 is 32.1. The number of piperidine rings is 1. The highest BCUT2D eigenvalue weighted by atomic mass is 35.5. The van der Waals surface area contributed by atoms with Crippen molar-refractivity contribution >= 4 is 22.4 Å². The van der Waals surface area contributed by atoms with Crippen molar-refractivity contribution in [3.05, 3.63) is 24.3 Å². The van der Waals surface area contributed by atoms with Gasteiger partial charge in [-0.05, 0) is 49.9 Å². The molecule has 0 aromatic heterocycles. The number of rotatable bonds is 4. The first-order chi connectivity index (χ1) is 10.0. The Kier molecular flexibility index (Phi) is 5.37. The second-order valence-corrected chi connectivity index (χ2v) is 7.96. The molecular weight excluding hydrogens is 324 g/mol. The summed E-state index contributed by atoms with van der Waals surface area (Å²) in [5.41, 5.74) is 0. The van der Waals surface area contributed by atoms with E-state index in [4.69, 9.17) is 4.74 Å². The second-order valence-electron chi connectivity index (χ2n) is 5.96. The molecule has 1 aromatic rings. The average Bonchev–Trinajstić information content (AvgIpc) is 2.84. The molecule has 0 saturated carbocycles. The predicted molar refractivity (Wildman–Crippen MR) is 88.2 cm³/mol. The Morgan fingerprint density at radius 1 is 1.14 bits per heavy atom. The summed E-state index contributed by atoms with van der Waals surface area (Å²) in [7, 11) is -0.159. The third-order valence-electron chi connectivity index (χ3n) is 4.70. The van der Waals surface area contributed by atoms with Gasteiger partial charge in [0.25, 0.3) is 0 Å². The van der Waals surface area contributed by atoms with Crippen LogP contribution in [-0.4, -0.2) is 45.0 Å². The van der Waals surface area contributed by atoms with E-state index in [1.54, 1.807) is 42.7 Å². The first-order valence-corrected chi connectivity index (χ1v) is 8.83. The van der Waals surface area contributed by atoms with E-state index in [9.17, 15) is 8.42 Å². The number of halogens is 1. The maximum Gasteiger partial charge on any atom is 0.243 e. The minimum atomic E-state index is -3.43. The van der Waals surface area contributed by atoms with Crippen LogP contribution >= 0.6 is 12.4 Å². The topological polar surface area (TPSA) is 58.6 Å². The molecule has 124 valence electrons. The quantitative estimate of drug-likeness (QED) is 0.906.